The Hall–Kier alpha value is -2.83. The number of benzene rings is 2. The molecule has 2 rings (SSSR count). The lowest BCUT2D eigenvalue weighted by Crippen LogP contribution is -2.17. The van der Waals surface area contributed by atoms with Gasteiger partial charge in [0.2, 0.25) is 0 Å². The number of rotatable bonds is 3. The highest BCUT2D eigenvalue weighted by Gasteiger charge is 2.29. The number of amides is 1. The van der Waals surface area contributed by atoms with Crippen molar-refractivity contribution >= 4 is 17.8 Å². The van der Waals surface area contributed by atoms with Crippen molar-refractivity contribution < 1.29 is 18.0 Å². The van der Waals surface area contributed by atoms with E-state index in [-0.39, 0.29) is 0 Å². The first-order chi connectivity index (χ1) is 10.4. The molecule has 0 heterocycles. The SMILES string of the molecule is Nc1ccc(C(=O)NN=Cc2ccc(C(F)(F)F)cc2)cc1. The molecule has 4 nitrogen and oxygen atoms in total. The zero-order chi connectivity index (χ0) is 16.2. The van der Waals surface area contributed by atoms with Crippen LogP contribution >= 0.6 is 0 Å². The van der Waals surface area contributed by atoms with Crippen LogP contribution in [0.15, 0.2) is 53.6 Å². The van der Waals surface area contributed by atoms with E-state index < -0.39 is 17.6 Å². The summed E-state index contributed by atoms with van der Waals surface area (Å²) >= 11 is 0. The van der Waals surface area contributed by atoms with E-state index >= 15 is 0 Å². The number of hydrogen-bond acceptors (Lipinski definition) is 3. The van der Waals surface area contributed by atoms with E-state index in [0.29, 0.717) is 16.8 Å². The van der Waals surface area contributed by atoms with E-state index in [2.05, 4.69) is 10.5 Å². The molecule has 0 aliphatic heterocycles. The van der Waals surface area contributed by atoms with Crippen LogP contribution < -0.4 is 11.2 Å². The van der Waals surface area contributed by atoms with Crippen LogP contribution in [0.3, 0.4) is 0 Å². The number of nitrogen functional groups attached to an aromatic ring is 1. The molecular weight excluding hydrogens is 295 g/mol. The van der Waals surface area contributed by atoms with Gasteiger partial charge in [0.05, 0.1) is 11.8 Å². The van der Waals surface area contributed by atoms with E-state index in [1.54, 1.807) is 12.1 Å². The largest absolute Gasteiger partial charge is 0.416 e. The second kappa shape index (κ2) is 6.30. The summed E-state index contributed by atoms with van der Waals surface area (Å²) in [5.74, 6) is -0.442. The summed E-state index contributed by atoms with van der Waals surface area (Å²) in [6, 6.07) is 10.7. The molecule has 0 aliphatic carbocycles. The Morgan fingerprint density at radius 1 is 1.05 bits per heavy atom. The Kier molecular flexibility index (Phi) is 4.45. The lowest BCUT2D eigenvalue weighted by atomic mass is 10.1. The fraction of sp³-hybridized carbons (Fsp3) is 0.0667. The molecule has 0 unspecified atom stereocenters. The third-order valence-electron chi connectivity index (χ3n) is 2.79. The first kappa shape index (κ1) is 15.6. The van der Waals surface area contributed by atoms with Gasteiger partial charge < -0.3 is 5.73 Å². The Balaban J connectivity index is 1.97. The number of halogens is 3. The molecule has 0 aromatic heterocycles. The molecule has 0 saturated heterocycles. The molecule has 0 aliphatic rings. The minimum Gasteiger partial charge on any atom is -0.399 e. The molecule has 2 aromatic rings. The number of anilines is 1. The Morgan fingerprint density at radius 3 is 2.18 bits per heavy atom. The van der Waals surface area contributed by atoms with Crippen molar-refractivity contribution in [2.75, 3.05) is 5.73 Å². The van der Waals surface area contributed by atoms with Gasteiger partial charge in [-0.05, 0) is 42.0 Å². The molecule has 0 bridgehead atoms. The molecule has 7 heteroatoms. The molecule has 0 spiro atoms. The smallest absolute Gasteiger partial charge is 0.399 e. The fourth-order valence-corrected chi connectivity index (χ4v) is 1.62. The van der Waals surface area contributed by atoms with E-state index in [1.807, 2.05) is 0 Å². The standard InChI is InChI=1S/C15H12F3N3O/c16-15(17,18)12-5-1-10(2-6-12)9-20-21-14(22)11-3-7-13(19)8-4-11/h1-9H,19H2,(H,21,22). The van der Waals surface area contributed by atoms with Crippen molar-refractivity contribution in [2.24, 2.45) is 5.10 Å². The topological polar surface area (TPSA) is 67.5 Å². The molecule has 114 valence electrons. The fourth-order valence-electron chi connectivity index (χ4n) is 1.62. The molecule has 0 saturated carbocycles. The van der Waals surface area contributed by atoms with Crippen molar-refractivity contribution in [3.8, 4) is 0 Å². The van der Waals surface area contributed by atoms with E-state index in [4.69, 9.17) is 5.73 Å². The minimum absolute atomic E-state index is 0.374. The predicted octanol–water partition coefficient (Wildman–Crippen LogP) is 3.05. The van der Waals surface area contributed by atoms with Gasteiger partial charge in [-0.1, -0.05) is 12.1 Å². The van der Waals surface area contributed by atoms with Gasteiger partial charge in [0, 0.05) is 11.3 Å². The molecule has 0 radical (unpaired) electrons. The van der Waals surface area contributed by atoms with Crippen molar-refractivity contribution in [1.29, 1.82) is 0 Å². The Bertz CT molecular complexity index is 677. The summed E-state index contributed by atoms with van der Waals surface area (Å²) < 4.78 is 37.2. The Morgan fingerprint density at radius 2 is 1.64 bits per heavy atom. The van der Waals surface area contributed by atoms with Crippen molar-refractivity contribution in [3.63, 3.8) is 0 Å². The second-order valence-electron chi connectivity index (χ2n) is 4.44. The maximum Gasteiger partial charge on any atom is 0.416 e. The van der Waals surface area contributed by atoms with Gasteiger partial charge >= 0.3 is 6.18 Å². The number of nitrogens with two attached hydrogens (primary N) is 1. The normalized spacial score (nSPS) is 11.6. The summed E-state index contributed by atoms with van der Waals surface area (Å²) in [7, 11) is 0. The number of hydrazone groups is 1. The second-order valence-corrected chi connectivity index (χ2v) is 4.44. The van der Waals surface area contributed by atoms with Crippen LogP contribution in [0.2, 0.25) is 0 Å². The third-order valence-corrected chi connectivity index (χ3v) is 2.79. The summed E-state index contributed by atoms with van der Waals surface area (Å²) in [5.41, 5.74) is 8.39. The van der Waals surface area contributed by atoms with E-state index in [0.717, 1.165) is 12.1 Å². The highest BCUT2D eigenvalue weighted by molar-refractivity contribution is 5.95. The third kappa shape index (κ3) is 4.08. The summed E-state index contributed by atoms with van der Waals surface area (Å²) in [6.45, 7) is 0. The van der Waals surface area contributed by atoms with Gasteiger partial charge in [0.1, 0.15) is 0 Å². The zero-order valence-corrected chi connectivity index (χ0v) is 11.3. The Labute approximate surface area is 124 Å². The molecule has 2 aromatic carbocycles. The van der Waals surface area contributed by atoms with Crippen LogP contribution in [0.4, 0.5) is 18.9 Å². The lowest BCUT2D eigenvalue weighted by molar-refractivity contribution is -0.137. The quantitative estimate of drug-likeness (QED) is 0.520. The first-order valence-corrected chi connectivity index (χ1v) is 6.22. The number of hydrogen-bond donors (Lipinski definition) is 2. The van der Waals surface area contributed by atoms with Gasteiger partial charge in [0.25, 0.3) is 5.91 Å². The highest BCUT2D eigenvalue weighted by Crippen LogP contribution is 2.28. The van der Waals surface area contributed by atoms with Gasteiger partial charge in [-0.15, -0.1) is 0 Å². The number of nitrogens with zero attached hydrogens (tertiary/aromatic N) is 1. The maximum atomic E-state index is 12.4. The average Bonchev–Trinajstić information content (AvgIpc) is 2.47. The average molecular weight is 307 g/mol. The highest BCUT2D eigenvalue weighted by atomic mass is 19.4. The molecule has 1 amide bonds. The molecule has 22 heavy (non-hydrogen) atoms. The van der Waals surface area contributed by atoms with Crippen molar-refractivity contribution in [3.05, 3.63) is 65.2 Å². The van der Waals surface area contributed by atoms with Crippen LogP contribution in [0.1, 0.15) is 21.5 Å². The van der Waals surface area contributed by atoms with Crippen LogP contribution in [0, 0.1) is 0 Å². The monoisotopic (exact) mass is 307 g/mol. The zero-order valence-electron chi connectivity index (χ0n) is 11.3. The number of carbonyl (C=O) groups excluding carboxylic acids is 1. The van der Waals surface area contributed by atoms with Gasteiger partial charge in [0.15, 0.2) is 0 Å². The number of alkyl halides is 3. The molecule has 3 N–H and O–H groups in total. The number of nitrogens with one attached hydrogen (secondary N) is 1. The lowest BCUT2D eigenvalue weighted by Gasteiger charge is -2.05. The van der Waals surface area contributed by atoms with Crippen molar-refractivity contribution in [1.82, 2.24) is 5.43 Å². The maximum absolute atomic E-state index is 12.4. The van der Waals surface area contributed by atoms with E-state index in [1.165, 1.54) is 30.5 Å². The van der Waals surface area contributed by atoms with Crippen molar-refractivity contribution in [2.45, 2.75) is 6.18 Å². The molecule has 0 fully saturated rings. The van der Waals surface area contributed by atoms with Crippen LogP contribution in [-0.4, -0.2) is 12.1 Å². The van der Waals surface area contributed by atoms with Gasteiger partial charge in [-0.25, -0.2) is 5.43 Å². The van der Waals surface area contributed by atoms with Crippen LogP contribution in [0.25, 0.3) is 0 Å². The van der Waals surface area contributed by atoms with Crippen LogP contribution in [0.5, 0.6) is 0 Å². The van der Waals surface area contributed by atoms with Gasteiger partial charge in [-0.2, -0.15) is 18.3 Å². The van der Waals surface area contributed by atoms with Gasteiger partial charge in [-0.3, -0.25) is 4.79 Å². The minimum atomic E-state index is -4.38. The van der Waals surface area contributed by atoms with Crippen LogP contribution in [-0.2, 0) is 6.18 Å². The summed E-state index contributed by atoms with van der Waals surface area (Å²) in [6.07, 6.45) is -3.12. The summed E-state index contributed by atoms with van der Waals surface area (Å²) in [4.78, 5) is 11.7. The molecule has 0 atom stereocenters. The predicted molar refractivity (Wildman–Crippen MR) is 77.4 cm³/mol. The summed E-state index contributed by atoms with van der Waals surface area (Å²) in [5, 5.41) is 3.70. The molecular formula is C15H12F3N3O. The van der Waals surface area contributed by atoms with E-state index in [9.17, 15) is 18.0 Å². The first-order valence-electron chi connectivity index (χ1n) is 6.22. The number of carbonyl (C=O) groups is 1.